The molecule has 0 radical (unpaired) electrons. The molecule has 0 atom stereocenters. The Labute approximate surface area is 167 Å². The van der Waals surface area contributed by atoms with E-state index in [0.29, 0.717) is 18.1 Å². The average molecular weight is 430 g/mol. The van der Waals surface area contributed by atoms with Crippen LogP contribution in [-0.2, 0) is 11.3 Å². The summed E-state index contributed by atoms with van der Waals surface area (Å²) in [6.45, 7) is -0.739. The fourth-order valence-electron chi connectivity index (χ4n) is 2.15. The predicted molar refractivity (Wildman–Crippen MR) is 97.8 cm³/mol. The van der Waals surface area contributed by atoms with Crippen molar-refractivity contribution in [3.8, 4) is 5.75 Å². The summed E-state index contributed by atoms with van der Waals surface area (Å²) >= 11 is 6.91. The molecule has 12 heteroatoms. The van der Waals surface area contributed by atoms with Crippen molar-refractivity contribution in [3.63, 3.8) is 0 Å². The number of nitrogens with one attached hydrogen (secondary N) is 1. The lowest BCUT2D eigenvalue weighted by molar-refractivity contribution is -0.113. The molecule has 0 aliphatic carbocycles. The number of anilines is 1. The van der Waals surface area contributed by atoms with Gasteiger partial charge in [-0.1, -0.05) is 23.4 Å². The first-order valence-electron chi connectivity index (χ1n) is 7.88. The van der Waals surface area contributed by atoms with Gasteiger partial charge in [-0.15, -0.1) is 10.2 Å². The van der Waals surface area contributed by atoms with Crippen LogP contribution in [0.5, 0.6) is 5.75 Å². The zero-order valence-electron chi connectivity index (χ0n) is 14.4. The van der Waals surface area contributed by atoms with Crippen molar-refractivity contribution in [2.24, 2.45) is 0 Å². The van der Waals surface area contributed by atoms with Gasteiger partial charge in [0.15, 0.2) is 0 Å². The van der Waals surface area contributed by atoms with Crippen molar-refractivity contribution in [1.29, 1.82) is 0 Å². The van der Waals surface area contributed by atoms with E-state index >= 15 is 0 Å². The second-order valence-corrected chi connectivity index (χ2v) is 6.79. The van der Waals surface area contributed by atoms with Gasteiger partial charge < -0.3 is 14.5 Å². The van der Waals surface area contributed by atoms with Crippen LogP contribution >= 0.6 is 23.4 Å². The molecular weight excluding hydrogens is 416 g/mol. The Morgan fingerprint density at radius 2 is 2.21 bits per heavy atom. The van der Waals surface area contributed by atoms with Gasteiger partial charge in [-0.2, -0.15) is 13.9 Å². The van der Waals surface area contributed by atoms with E-state index in [4.69, 9.17) is 16.0 Å². The maximum absolute atomic E-state index is 12.2. The first kappa shape index (κ1) is 20.1. The van der Waals surface area contributed by atoms with Crippen molar-refractivity contribution >= 4 is 35.0 Å². The standard InChI is InChI=1S/C16H14ClF2N5O3S/c1-9-4-5-20-24(9)7-14-22-23-16(27-14)28-8-13(25)21-10-2-3-12(11(17)6-10)26-15(18)19/h2-6,15H,7-8H2,1H3,(H,21,25). The average Bonchev–Trinajstić information content (AvgIpc) is 3.25. The molecule has 0 aliphatic heterocycles. The third-order valence-corrected chi connectivity index (χ3v) is 4.53. The number of carbonyl (C=O) groups is 1. The minimum Gasteiger partial charge on any atom is -0.433 e. The Morgan fingerprint density at radius 3 is 2.89 bits per heavy atom. The summed E-state index contributed by atoms with van der Waals surface area (Å²) in [6, 6.07) is 5.83. The number of ether oxygens (including phenoxy) is 1. The summed E-state index contributed by atoms with van der Waals surface area (Å²) in [5.74, 6) is -0.146. The molecule has 0 unspecified atom stereocenters. The molecule has 0 aliphatic rings. The molecule has 0 spiro atoms. The molecule has 8 nitrogen and oxygen atoms in total. The topological polar surface area (TPSA) is 95.1 Å². The number of amides is 1. The third-order valence-electron chi connectivity index (χ3n) is 3.42. The van der Waals surface area contributed by atoms with Crippen molar-refractivity contribution in [2.75, 3.05) is 11.1 Å². The van der Waals surface area contributed by atoms with Gasteiger partial charge in [0, 0.05) is 17.6 Å². The van der Waals surface area contributed by atoms with Crippen LogP contribution in [-0.4, -0.2) is 38.2 Å². The Bertz CT molecular complexity index is 965. The van der Waals surface area contributed by atoms with Crippen molar-refractivity contribution in [2.45, 2.75) is 25.3 Å². The molecule has 1 aromatic carbocycles. The molecule has 0 saturated carbocycles. The van der Waals surface area contributed by atoms with E-state index < -0.39 is 6.61 Å². The van der Waals surface area contributed by atoms with Crippen LogP contribution in [0.15, 0.2) is 40.1 Å². The van der Waals surface area contributed by atoms with Crippen LogP contribution in [0.25, 0.3) is 0 Å². The zero-order valence-corrected chi connectivity index (χ0v) is 16.0. The Hall–Kier alpha value is -2.66. The minimum absolute atomic E-state index is 0.00926. The molecule has 2 heterocycles. The normalized spacial score (nSPS) is 11.0. The van der Waals surface area contributed by atoms with Crippen LogP contribution in [0.1, 0.15) is 11.6 Å². The van der Waals surface area contributed by atoms with E-state index in [2.05, 4.69) is 25.3 Å². The van der Waals surface area contributed by atoms with Gasteiger partial charge >= 0.3 is 6.61 Å². The Morgan fingerprint density at radius 1 is 1.39 bits per heavy atom. The van der Waals surface area contributed by atoms with E-state index in [1.54, 1.807) is 10.9 Å². The lowest BCUT2D eigenvalue weighted by Crippen LogP contribution is -2.14. The molecule has 1 amide bonds. The fraction of sp³-hybridized carbons (Fsp3) is 0.250. The maximum atomic E-state index is 12.2. The predicted octanol–water partition coefficient (Wildman–Crippen LogP) is 3.61. The van der Waals surface area contributed by atoms with Gasteiger partial charge in [0.1, 0.15) is 12.3 Å². The second-order valence-electron chi connectivity index (χ2n) is 5.45. The van der Waals surface area contributed by atoms with Crippen LogP contribution in [0.4, 0.5) is 14.5 Å². The van der Waals surface area contributed by atoms with Gasteiger partial charge in [-0.3, -0.25) is 9.48 Å². The highest BCUT2D eigenvalue weighted by molar-refractivity contribution is 7.99. The number of aryl methyl sites for hydroxylation is 1. The summed E-state index contributed by atoms with van der Waals surface area (Å²) in [5.41, 5.74) is 1.30. The molecule has 3 rings (SSSR count). The summed E-state index contributed by atoms with van der Waals surface area (Å²) < 4.78 is 35.9. The van der Waals surface area contributed by atoms with Crippen molar-refractivity contribution < 1.29 is 22.7 Å². The highest BCUT2D eigenvalue weighted by Gasteiger charge is 2.13. The molecule has 2 aromatic heterocycles. The quantitative estimate of drug-likeness (QED) is 0.546. The van der Waals surface area contributed by atoms with Crippen LogP contribution < -0.4 is 10.1 Å². The first-order chi connectivity index (χ1) is 13.4. The van der Waals surface area contributed by atoms with Gasteiger partial charge in [0.05, 0.1) is 10.8 Å². The number of aromatic nitrogens is 4. The summed E-state index contributed by atoms with van der Waals surface area (Å²) in [5, 5.41) is 14.7. The summed E-state index contributed by atoms with van der Waals surface area (Å²) in [4.78, 5) is 12.0. The number of thioether (sulfide) groups is 1. The Kier molecular flexibility index (Phi) is 6.47. The van der Waals surface area contributed by atoms with Crippen LogP contribution in [0.2, 0.25) is 5.02 Å². The van der Waals surface area contributed by atoms with Crippen LogP contribution in [0.3, 0.4) is 0 Å². The number of alkyl halides is 2. The molecule has 3 aromatic rings. The first-order valence-corrected chi connectivity index (χ1v) is 9.25. The second kappa shape index (κ2) is 9.02. The molecular formula is C16H14ClF2N5O3S. The molecule has 1 N–H and O–H groups in total. The van der Waals surface area contributed by atoms with Crippen molar-refractivity contribution in [3.05, 3.63) is 47.1 Å². The maximum Gasteiger partial charge on any atom is 0.387 e. The molecule has 148 valence electrons. The fourth-order valence-corrected chi connectivity index (χ4v) is 2.95. The van der Waals surface area contributed by atoms with E-state index in [-0.39, 0.29) is 27.7 Å². The number of halogens is 3. The SMILES string of the molecule is Cc1ccnn1Cc1nnc(SCC(=O)Nc2ccc(OC(F)F)c(Cl)c2)o1. The van der Waals surface area contributed by atoms with E-state index in [0.717, 1.165) is 17.5 Å². The van der Waals surface area contributed by atoms with E-state index in [1.165, 1.54) is 18.2 Å². The van der Waals surface area contributed by atoms with Crippen LogP contribution in [0, 0.1) is 6.92 Å². The van der Waals surface area contributed by atoms with E-state index in [1.807, 2.05) is 13.0 Å². The number of carbonyl (C=O) groups excluding carboxylic acids is 1. The van der Waals surface area contributed by atoms with Gasteiger partial charge in [-0.05, 0) is 31.2 Å². The third kappa shape index (κ3) is 5.42. The van der Waals surface area contributed by atoms with Crippen molar-refractivity contribution in [1.82, 2.24) is 20.0 Å². The van der Waals surface area contributed by atoms with Gasteiger partial charge in [-0.25, -0.2) is 0 Å². The monoisotopic (exact) mass is 429 g/mol. The Balaban J connectivity index is 1.51. The molecule has 0 fully saturated rings. The largest absolute Gasteiger partial charge is 0.433 e. The summed E-state index contributed by atoms with van der Waals surface area (Å²) in [6.07, 6.45) is 1.67. The lowest BCUT2D eigenvalue weighted by atomic mass is 10.3. The molecule has 0 bridgehead atoms. The summed E-state index contributed by atoms with van der Waals surface area (Å²) in [7, 11) is 0. The number of hydrogen-bond acceptors (Lipinski definition) is 7. The zero-order chi connectivity index (χ0) is 20.1. The number of nitrogens with zero attached hydrogens (tertiary/aromatic N) is 4. The highest BCUT2D eigenvalue weighted by atomic mass is 35.5. The van der Waals surface area contributed by atoms with Gasteiger partial charge in [0.25, 0.3) is 5.22 Å². The molecule has 0 saturated heterocycles. The van der Waals surface area contributed by atoms with E-state index in [9.17, 15) is 13.6 Å². The smallest absolute Gasteiger partial charge is 0.387 e. The lowest BCUT2D eigenvalue weighted by Gasteiger charge is -2.09. The number of rotatable bonds is 8. The molecule has 28 heavy (non-hydrogen) atoms. The number of benzene rings is 1. The number of hydrogen-bond donors (Lipinski definition) is 1. The van der Waals surface area contributed by atoms with Gasteiger partial charge in [0.2, 0.25) is 11.8 Å². The minimum atomic E-state index is -2.98. The highest BCUT2D eigenvalue weighted by Crippen LogP contribution is 2.29.